The molecule has 0 spiro atoms. The Morgan fingerprint density at radius 2 is 2.14 bits per heavy atom. The van der Waals surface area contributed by atoms with Crippen LogP contribution in [0.5, 0.6) is 0 Å². The first-order valence-corrected chi connectivity index (χ1v) is 7.80. The average molecular weight is 327 g/mol. The van der Waals surface area contributed by atoms with E-state index in [-0.39, 0.29) is 24.4 Å². The van der Waals surface area contributed by atoms with E-state index in [0.29, 0.717) is 18.9 Å². The van der Waals surface area contributed by atoms with Crippen LogP contribution in [-0.2, 0) is 16.1 Å². The van der Waals surface area contributed by atoms with Crippen LogP contribution in [0, 0.1) is 5.92 Å². The van der Waals surface area contributed by atoms with E-state index < -0.39 is 0 Å². The van der Waals surface area contributed by atoms with Crippen molar-refractivity contribution < 1.29 is 9.53 Å². The Morgan fingerprint density at radius 3 is 2.82 bits per heavy atom. The molecule has 0 aromatic heterocycles. The molecule has 0 aliphatic carbocycles. The van der Waals surface area contributed by atoms with Crippen LogP contribution >= 0.6 is 12.4 Å². The van der Waals surface area contributed by atoms with Crippen molar-refractivity contribution in [1.82, 2.24) is 4.90 Å². The lowest BCUT2D eigenvalue weighted by molar-refractivity contribution is -0.130. The van der Waals surface area contributed by atoms with E-state index in [4.69, 9.17) is 10.5 Å². The predicted molar refractivity (Wildman–Crippen MR) is 90.9 cm³/mol. The van der Waals surface area contributed by atoms with Crippen molar-refractivity contribution in [2.75, 3.05) is 19.7 Å². The molecule has 124 valence electrons. The third kappa shape index (κ3) is 6.34. The van der Waals surface area contributed by atoms with Crippen LogP contribution in [0.4, 0.5) is 0 Å². The third-order valence-electron chi connectivity index (χ3n) is 3.92. The maximum absolute atomic E-state index is 12.0. The number of nitrogens with zero attached hydrogens (tertiary/aromatic N) is 1. The molecule has 0 radical (unpaired) electrons. The molecule has 1 amide bonds. The molecule has 1 heterocycles. The van der Waals surface area contributed by atoms with Crippen molar-refractivity contribution in [3.63, 3.8) is 0 Å². The van der Waals surface area contributed by atoms with Gasteiger partial charge in [-0.05, 0) is 25.3 Å². The molecule has 0 bridgehead atoms. The molecule has 1 aliphatic rings. The van der Waals surface area contributed by atoms with Gasteiger partial charge in [0.1, 0.15) is 0 Å². The average Bonchev–Trinajstić information content (AvgIpc) is 2.95. The zero-order valence-corrected chi connectivity index (χ0v) is 14.1. The molecular weight excluding hydrogens is 300 g/mol. The van der Waals surface area contributed by atoms with E-state index in [1.54, 1.807) is 0 Å². The molecule has 5 heteroatoms. The minimum absolute atomic E-state index is 0. The monoisotopic (exact) mass is 326 g/mol. The molecule has 1 aromatic rings. The van der Waals surface area contributed by atoms with E-state index in [2.05, 4.69) is 12.1 Å². The Hall–Kier alpha value is -1.10. The zero-order valence-electron chi connectivity index (χ0n) is 13.2. The summed E-state index contributed by atoms with van der Waals surface area (Å²) in [5.74, 6) is 0.700. The van der Waals surface area contributed by atoms with Crippen molar-refractivity contribution in [1.29, 1.82) is 0 Å². The molecule has 1 aliphatic heterocycles. The molecule has 1 fully saturated rings. The fourth-order valence-corrected chi connectivity index (χ4v) is 2.62. The van der Waals surface area contributed by atoms with Gasteiger partial charge in [0.25, 0.3) is 0 Å². The molecule has 2 rings (SSSR count). The number of carbonyl (C=O) groups excluding carboxylic acids is 1. The third-order valence-corrected chi connectivity index (χ3v) is 3.92. The summed E-state index contributed by atoms with van der Waals surface area (Å²) in [6.07, 6.45) is 2.37. The van der Waals surface area contributed by atoms with E-state index in [1.807, 2.05) is 30.0 Å². The molecule has 2 atom stereocenters. The van der Waals surface area contributed by atoms with Gasteiger partial charge in [-0.15, -0.1) is 12.4 Å². The Bertz CT molecular complexity index is 440. The van der Waals surface area contributed by atoms with Gasteiger partial charge in [0.15, 0.2) is 0 Å². The zero-order chi connectivity index (χ0) is 15.1. The van der Waals surface area contributed by atoms with Gasteiger partial charge in [0.05, 0.1) is 13.2 Å². The highest BCUT2D eigenvalue weighted by atomic mass is 35.5. The van der Waals surface area contributed by atoms with Gasteiger partial charge >= 0.3 is 0 Å². The number of likely N-dealkylation sites (tertiary alicyclic amines) is 1. The maximum Gasteiger partial charge on any atom is 0.222 e. The van der Waals surface area contributed by atoms with Gasteiger partial charge in [0, 0.05) is 31.5 Å². The van der Waals surface area contributed by atoms with Crippen LogP contribution in [0.25, 0.3) is 0 Å². The second-order valence-electron chi connectivity index (χ2n) is 6.01. The number of hydrogen-bond acceptors (Lipinski definition) is 3. The highest BCUT2D eigenvalue weighted by Crippen LogP contribution is 2.18. The first-order chi connectivity index (χ1) is 10.1. The predicted octanol–water partition coefficient (Wildman–Crippen LogP) is 2.60. The van der Waals surface area contributed by atoms with Gasteiger partial charge in [0.2, 0.25) is 5.91 Å². The van der Waals surface area contributed by atoms with Gasteiger partial charge < -0.3 is 15.4 Å². The second-order valence-corrected chi connectivity index (χ2v) is 6.01. The largest absolute Gasteiger partial charge is 0.376 e. The summed E-state index contributed by atoms with van der Waals surface area (Å²) in [4.78, 5) is 14.0. The second kappa shape index (κ2) is 9.82. The number of ether oxygens (including phenoxy) is 1. The van der Waals surface area contributed by atoms with Crippen LogP contribution in [0.3, 0.4) is 0 Å². The minimum atomic E-state index is 0. The maximum atomic E-state index is 12.0. The molecule has 4 nitrogen and oxygen atoms in total. The molecular formula is C17H27ClN2O2. The summed E-state index contributed by atoms with van der Waals surface area (Å²) >= 11 is 0. The lowest BCUT2D eigenvalue weighted by atomic mass is 10.1. The number of nitrogens with two attached hydrogens (primary N) is 1. The minimum Gasteiger partial charge on any atom is -0.376 e. The summed E-state index contributed by atoms with van der Waals surface area (Å²) in [5.41, 5.74) is 6.89. The van der Waals surface area contributed by atoms with Crippen LogP contribution in [-0.4, -0.2) is 36.5 Å². The summed E-state index contributed by atoms with van der Waals surface area (Å²) in [5, 5.41) is 0. The van der Waals surface area contributed by atoms with Gasteiger partial charge in [-0.1, -0.05) is 30.3 Å². The molecule has 22 heavy (non-hydrogen) atoms. The normalized spacial score (nSPS) is 18.8. The standard InChI is InChI=1S/C17H26N2O2.ClH/c1-14(18)7-8-17(20)19-10-9-16(11-19)13-21-12-15-5-3-2-4-6-15;/h2-6,14,16H,7-13,18H2,1H3;1H. The summed E-state index contributed by atoms with van der Waals surface area (Å²) in [6.45, 7) is 5.00. The Morgan fingerprint density at radius 1 is 1.41 bits per heavy atom. The first-order valence-electron chi connectivity index (χ1n) is 7.80. The molecule has 1 saturated heterocycles. The van der Waals surface area contributed by atoms with Gasteiger partial charge in [-0.2, -0.15) is 0 Å². The van der Waals surface area contributed by atoms with E-state index >= 15 is 0 Å². The topological polar surface area (TPSA) is 55.6 Å². The van der Waals surface area contributed by atoms with Crippen molar-refractivity contribution in [2.24, 2.45) is 11.7 Å². The van der Waals surface area contributed by atoms with Crippen LogP contribution < -0.4 is 5.73 Å². The van der Waals surface area contributed by atoms with Crippen molar-refractivity contribution in [3.05, 3.63) is 35.9 Å². The Balaban J connectivity index is 0.00000242. The van der Waals surface area contributed by atoms with Gasteiger partial charge in [-0.3, -0.25) is 4.79 Å². The summed E-state index contributed by atoms with van der Waals surface area (Å²) < 4.78 is 5.77. The highest BCUT2D eigenvalue weighted by molar-refractivity contribution is 5.85. The van der Waals surface area contributed by atoms with Crippen LogP contribution in [0.2, 0.25) is 0 Å². The van der Waals surface area contributed by atoms with Crippen molar-refractivity contribution in [3.8, 4) is 0 Å². The quantitative estimate of drug-likeness (QED) is 0.838. The fourth-order valence-electron chi connectivity index (χ4n) is 2.62. The molecule has 2 unspecified atom stereocenters. The molecule has 1 aromatic carbocycles. The summed E-state index contributed by atoms with van der Waals surface area (Å²) in [6, 6.07) is 10.3. The van der Waals surface area contributed by atoms with E-state index in [9.17, 15) is 4.79 Å². The number of hydrogen-bond donors (Lipinski definition) is 1. The number of benzene rings is 1. The smallest absolute Gasteiger partial charge is 0.222 e. The Kier molecular flexibility index (Phi) is 8.46. The number of amides is 1. The van der Waals surface area contributed by atoms with Gasteiger partial charge in [-0.25, -0.2) is 0 Å². The SMILES string of the molecule is CC(N)CCC(=O)N1CCC(COCc2ccccc2)C1.Cl. The first kappa shape index (κ1) is 18.9. The fraction of sp³-hybridized carbons (Fsp3) is 0.588. The molecule has 0 saturated carbocycles. The van der Waals surface area contributed by atoms with E-state index in [0.717, 1.165) is 32.5 Å². The van der Waals surface area contributed by atoms with Crippen molar-refractivity contribution in [2.45, 2.75) is 38.8 Å². The molecule has 2 N–H and O–H groups in total. The number of rotatable bonds is 7. The summed E-state index contributed by atoms with van der Waals surface area (Å²) in [7, 11) is 0. The van der Waals surface area contributed by atoms with Crippen LogP contribution in [0.1, 0.15) is 31.7 Å². The van der Waals surface area contributed by atoms with Crippen LogP contribution in [0.15, 0.2) is 30.3 Å². The number of carbonyl (C=O) groups is 1. The Labute approximate surface area is 139 Å². The van der Waals surface area contributed by atoms with E-state index in [1.165, 1.54) is 5.56 Å². The highest BCUT2D eigenvalue weighted by Gasteiger charge is 2.26. The number of halogens is 1. The lowest BCUT2D eigenvalue weighted by Gasteiger charge is -2.17. The van der Waals surface area contributed by atoms with Crippen molar-refractivity contribution >= 4 is 18.3 Å². The lowest BCUT2D eigenvalue weighted by Crippen LogP contribution is -2.30.